The lowest BCUT2D eigenvalue weighted by molar-refractivity contribution is -0.125. The van der Waals surface area contributed by atoms with Crippen molar-refractivity contribution < 1.29 is 14.7 Å². The van der Waals surface area contributed by atoms with Crippen molar-refractivity contribution >= 4 is 28.7 Å². The number of amides is 1. The van der Waals surface area contributed by atoms with Crippen LogP contribution in [0.25, 0.3) is 22.3 Å². The van der Waals surface area contributed by atoms with E-state index in [-0.39, 0.29) is 17.5 Å². The Morgan fingerprint density at radius 2 is 1.97 bits per heavy atom. The molecule has 3 N–H and O–H groups in total. The molecular weight excluding hydrogens is 434 g/mol. The van der Waals surface area contributed by atoms with Crippen LogP contribution in [-0.2, 0) is 4.79 Å². The minimum absolute atomic E-state index is 0.00165. The van der Waals surface area contributed by atoms with Gasteiger partial charge in [-0.3, -0.25) is 9.69 Å². The highest BCUT2D eigenvalue weighted by molar-refractivity contribution is 5.99. The fraction of sp³-hybridized carbons (Fsp3) is 0.375. The SMILES string of the molecule is CN(CC=CC(=O)N1CCC(n2nc(-c3ccc(C(=O)O)cc3)c3c(N)ncnc32)C1)C1CC1. The fourth-order valence-corrected chi connectivity index (χ4v) is 4.45. The predicted molar refractivity (Wildman–Crippen MR) is 127 cm³/mol. The number of benzene rings is 1. The van der Waals surface area contributed by atoms with Crippen LogP contribution in [0.1, 0.15) is 35.7 Å². The number of carbonyl (C=O) groups excluding carboxylic acids is 1. The van der Waals surface area contributed by atoms with Gasteiger partial charge in [0.15, 0.2) is 5.65 Å². The van der Waals surface area contributed by atoms with E-state index in [1.165, 1.54) is 31.3 Å². The van der Waals surface area contributed by atoms with Crippen molar-refractivity contribution in [1.82, 2.24) is 29.5 Å². The molecule has 0 bridgehead atoms. The number of nitrogens with zero attached hydrogens (tertiary/aromatic N) is 6. The van der Waals surface area contributed by atoms with Crippen LogP contribution in [0.2, 0.25) is 0 Å². The Bertz CT molecular complexity index is 1260. The van der Waals surface area contributed by atoms with E-state index >= 15 is 0 Å². The summed E-state index contributed by atoms with van der Waals surface area (Å²) in [6.45, 7) is 1.94. The van der Waals surface area contributed by atoms with E-state index in [0.717, 1.165) is 18.5 Å². The molecule has 1 atom stereocenters. The van der Waals surface area contributed by atoms with Gasteiger partial charge in [0.2, 0.25) is 5.91 Å². The Morgan fingerprint density at radius 3 is 2.68 bits per heavy atom. The molecule has 0 radical (unpaired) electrons. The normalized spacial score (nSPS) is 18.4. The minimum Gasteiger partial charge on any atom is -0.478 e. The molecule has 1 amide bonds. The number of fused-ring (bicyclic) bond motifs is 1. The van der Waals surface area contributed by atoms with Crippen LogP contribution < -0.4 is 5.73 Å². The molecule has 176 valence electrons. The zero-order valence-electron chi connectivity index (χ0n) is 19.0. The molecule has 1 aliphatic heterocycles. The van der Waals surface area contributed by atoms with Crippen molar-refractivity contribution in [3.05, 3.63) is 48.3 Å². The smallest absolute Gasteiger partial charge is 0.335 e. The van der Waals surface area contributed by atoms with E-state index < -0.39 is 5.97 Å². The van der Waals surface area contributed by atoms with Gasteiger partial charge >= 0.3 is 5.97 Å². The zero-order chi connectivity index (χ0) is 23.8. The summed E-state index contributed by atoms with van der Waals surface area (Å²) >= 11 is 0. The molecule has 2 fully saturated rings. The maximum absolute atomic E-state index is 12.7. The average Bonchev–Trinajstić information content (AvgIpc) is 3.44. The predicted octanol–water partition coefficient (Wildman–Crippen LogP) is 2.20. The van der Waals surface area contributed by atoms with E-state index in [1.807, 2.05) is 15.7 Å². The Morgan fingerprint density at radius 1 is 1.21 bits per heavy atom. The van der Waals surface area contributed by atoms with Crippen LogP contribution >= 0.6 is 0 Å². The fourth-order valence-electron chi connectivity index (χ4n) is 4.45. The maximum Gasteiger partial charge on any atom is 0.335 e. The van der Waals surface area contributed by atoms with Crippen molar-refractivity contribution in [1.29, 1.82) is 0 Å². The molecular formula is C24H27N7O3. The highest BCUT2D eigenvalue weighted by atomic mass is 16.4. The molecule has 0 spiro atoms. The van der Waals surface area contributed by atoms with Crippen LogP contribution in [0.5, 0.6) is 0 Å². The van der Waals surface area contributed by atoms with Crippen molar-refractivity contribution in [3.63, 3.8) is 0 Å². The van der Waals surface area contributed by atoms with Crippen LogP contribution in [-0.4, -0.2) is 79.3 Å². The average molecular weight is 462 g/mol. The topological polar surface area (TPSA) is 130 Å². The van der Waals surface area contributed by atoms with E-state index in [1.54, 1.807) is 18.2 Å². The third-order valence-electron chi connectivity index (χ3n) is 6.57. The first kappa shape index (κ1) is 22.0. The summed E-state index contributed by atoms with van der Waals surface area (Å²) in [4.78, 5) is 36.6. The number of hydrogen-bond acceptors (Lipinski definition) is 7. The van der Waals surface area contributed by atoms with Gasteiger partial charge in [0.05, 0.1) is 17.0 Å². The first-order chi connectivity index (χ1) is 16.4. The number of aromatic nitrogens is 4. The quantitative estimate of drug-likeness (QED) is 0.512. The Labute approximate surface area is 196 Å². The van der Waals surface area contributed by atoms with Gasteiger partial charge in [-0.25, -0.2) is 19.4 Å². The number of likely N-dealkylation sites (N-methyl/N-ethyl adjacent to an activating group) is 1. The second-order valence-electron chi connectivity index (χ2n) is 8.93. The van der Waals surface area contributed by atoms with Crippen molar-refractivity contribution in [2.24, 2.45) is 0 Å². The maximum atomic E-state index is 12.7. The third kappa shape index (κ3) is 4.24. The first-order valence-electron chi connectivity index (χ1n) is 11.4. The number of aromatic carboxylic acids is 1. The van der Waals surface area contributed by atoms with Gasteiger partial charge in [0, 0.05) is 37.3 Å². The number of anilines is 1. The minimum atomic E-state index is -0.992. The number of carboxylic acids is 1. The molecule has 2 aromatic heterocycles. The summed E-state index contributed by atoms with van der Waals surface area (Å²) in [5.74, 6) is -0.683. The van der Waals surface area contributed by atoms with Crippen LogP contribution in [0.3, 0.4) is 0 Å². The van der Waals surface area contributed by atoms with Crippen molar-refractivity contribution in [3.8, 4) is 11.3 Å². The number of likely N-dealkylation sites (tertiary alicyclic amines) is 1. The summed E-state index contributed by atoms with van der Waals surface area (Å²) in [6.07, 6.45) is 8.24. The highest BCUT2D eigenvalue weighted by Crippen LogP contribution is 2.34. The second kappa shape index (κ2) is 8.86. The van der Waals surface area contributed by atoms with Crippen LogP contribution in [0.15, 0.2) is 42.7 Å². The van der Waals surface area contributed by atoms with Gasteiger partial charge < -0.3 is 15.7 Å². The summed E-state index contributed by atoms with van der Waals surface area (Å²) in [7, 11) is 2.08. The molecule has 34 heavy (non-hydrogen) atoms. The monoisotopic (exact) mass is 461 g/mol. The van der Waals surface area contributed by atoms with Crippen LogP contribution in [0, 0.1) is 0 Å². The third-order valence-corrected chi connectivity index (χ3v) is 6.57. The molecule has 2 aliphatic rings. The number of carboxylic acid groups (broad SMARTS) is 1. The van der Waals surface area contributed by atoms with Crippen LogP contribution in [0.4, 0.5) is 5.82 Å². The Hall–Kier alpha value is -3.79. The summed E-state index contributed by atoms with van der Waals surface area (Å²) in [5, 5.41) is 14.6. The lowest BCUT2D eigenvalue weighted by Crippen LogP contribution is -2.28. The van der Waals surface area contributed by atoms with Gasteiger partial charge in [0.25, 0.3) is 0 Å². The molecule has 1 aromatic carbocycles. The van der Waals surface area contributed by atoms with Gasteiger partial charge in [-0.05, 0) is 38.4 Å². The molecule has 10 heteroatoms. The molecule has 5 rings (SSSR count). The summed E-state index contributed by atoms with van der Waals surface area (Å²) in [6, 6.07) is 7.09. The molecule has 1 saturated carbocycles. The Balaban J connectivity index is 1.38. The molecule has 3 aromatic rings. The number of carbonyl (C=O) groups is 2. The van der Waals surface area contributed by atoms with Crippen molar-refractivity contribution in [2.45, 2.75) is 31.3 Å². The largest absolute Gasteiger partial charge is 0.478 e. The molecule has 3 heterocycles. The van der Waals surface area contributed by atoms with E-state index in [0.29, 0.717) is 41.7 Å². The summed E-state index contributed by atoms with van der Waals surface area (Å²) in [5.41, 5.74) is 8.30. The number of rotatable bonds is 7. The summed E-state index contributed by atoms with van der Waals surface area (Å²) < 4.78 is 1.83. The standard InChI is InChI=1S/C24H27N7O3/c1-29(17-8-9-17)11-2-3-19(32)30-12-10-18(13-30)31-23-20(22(25)26-14-27-23)21(28-31)15-4-6-16(7-5-15)24(33)34/h2-7,14,17-18H,8-13H2,1H3,(H,33,34)(H2,25,26,27). The van der Waals surface area contributed by atoms with Gasteiger partial charge in [-0.1, -0.05) is 18.2 Å². The Kier molecular flexibility index (Phi) is 5.74. The lowest BCUT2D eigenvalue weighted by atomic mass is 10.1. The van der Waals surface area contributed by atoms with E-state index in [4.69, 9.17) is 10.8 Å². The molecule has 10 nitrogen and oxygen atoms in total. The molecule has 1 saturated heterocycles. The zero-order valence-corrected chi connectivity index (χ0v) is 19.0. The van der Waals surface area contributed by atoms with Gasteiger partial charge in [-0.2, -0.15) is 5.10 Å². The number of nitrogen functional groups attached to an aromatic ring is 1. The van der Waals surface area contributed by atoms with E-state index in [9.17, 15) is 14.7 Å². The lowest BCUT2D eigenvalue weighted by Gasteiger charge is -2.16. The highest BCUT2D eigenvalue weighted by Gasteiger charge is 2.30. The molecule has 1 unspecified atom stereocenters. The number of nitrogens with two attached hydrogens (primary N) is 1. The number of hydrogen-bond donors (Lipinski definition) is 2. The van der Waals surface area contributed by atoms with Crippen molar-refractivity contribution in [2.75, 3.05) is 32.4 Å². The first-order valence-corrected chi connectivity index (χ1v) is 11.4. The van der Waals surface area contributed by atoms with Gasteiger partial charge in [-0.15, -0.1) is 0 Å². The van der Waals surface area contributed by atoms with E-state index in [2.05, 4.69) is 21.9 Å². The second-order valence-corrected chi connectivity index (χ2v) is 8.93. The van der Waals surface area contributed by atoms with Gasteiger partial charge in [0.1, 0.15) is 17.8 Å². The molecule has 1 aliphatic carbocycles.